The number of anilines is 1. The Balaban J connectivity index is 1.33. The molecule has 0 radical (unpaired) electrons. The number of carbonyl (C=O) groups excluding carboxylic acids is 2. The molecule has 0 N–H and O–H groups in total. The second-order valence-corrected chi connectivity index (χ2v) is 14.5. The smallest absolute Gasteiger partial charge is 0.252 e. The van der Waals surface area contributed by atoms with Crippen molar-refractivity contribution in [1.29, 1.82) is 0 Å². The van der Waals surface area contributed by atoms with Crippen LogP contribution in [0.1, 0.15) is 47.1 Å². The van der Waals surface area contributed by atoms with E-state index in [9.17, 15) is 18.0 Å². The van der Waals surface area contributed by atoms with Crippen molar-refractivity contribution in [2.24, 2.45) is 0 Å². The zero-order valence-electron chi connectivity index (χ0n) is 25.0. The molecule has 4 aromatic rings. The molecule has 0 aliphatic carbocycles. The van der Waals surface area contributed by atoms with Gasteiger partial charge in [-0.1, -0.05) is 12.1 Å². The molecule has 224 valence electrons. The molecule has 0 bridgehead atoms. The van der Waals surface area contributed by atoms with Gasteiger partial charge >= 0.3 is 0 Å². The zero-order valence-corrected chi connectivity index (χ0v) is 26.6. The fourth-order valence-corrected chi connectivity index (χ4v) is 9.35. The Labute approximate surface area is 256 Å². The van der Waals surface area contributed by atoms with Crippen molar-refractivity contribution in [2.45, 2.75) is 70.9 Å². The summed E-state index contributed by atoms with van der Waals surface area (Å²) < 4.78 is 37.0. The minimum atomic E-state index is -4.15. The number of aryl methyl sites for hydroxylation is 3. The highest BCUT2D eigenvalue weighted by Gasteiger charge is 2.48. The molecule has 2 atom stereocenters. The van der Waals surface area contributed by atoms with Crippen LogP contribution in [0.2, 0.25) is 0 Å². The summed E-state index contributed by atoms with van der Waals surface area (Å²) in [6.45, 7) is 9.96. The third-order valence-corrected chi connectivity index (χ3v) is 11.9. The molecule has 0 spiro atoms. The van der Waals surface area contributed by atoms with Crippen molar-refractivity contribution < 1.29 is 22.7 Å². The summed E-state index contributed by atoms with van der Waals surface area (Å²) in [6, 6.07) is 14.1. The molecule has 8 nitrogen and oxygen atoms in total. The highest BCUT2D eigenvalue weighted by Crippen LogP contribution is 2.36. The Hall–Kier alpha value is -3.44. The lowest BCUT2D eigenvalue weighted by Crippen LogP contribution is -2.48. The van der Waals surface area contributed by atoms with E-state index < -0.39 is 27.9 Å². The number of nitrogens with zero attached hydrogens (tertiary/aromatic N) is 3. The van der Waals surface area contributed by atoms with E-state index in [0.29, 0.717) is 29.8 Å². The van der Waals surface area contributed by atoms with Crippen LogP contribution in [-0.4, -0.2) is 54.8 Å². The molecule has 2 aliphatic heterocycles. The second kappa shape index (κ2) is 11.2. The first-order valence-electron chi connectivity index (χ1n) is 14.5. The second-order valence-electron chi connectivity index (χ2n) is 11.6. The normalized spacial score (nSPS) is 19.3. The molecule has 10 heteroatoms. The molecule has 0 saturated carbocycles. The lowest BCUT2D eigenvalue weighted by Gasteiger charge is -2.30. The molecule has 2 aliphatic rings. The van der Waals surface area contributed by atoms with Crippen molar-refractivity contribution in [1.82, 2.24) is 9.29 Å². The Morgan fingerprint density at radius 3 is 2.33 bits per heavy atom. The third-order valence-electron chi connectivity index (χ3n) is 8.66. The van der Waals surface area contributed by atoms with Gasteiger partial charge < -0.3 is 4.74 Å². The van der Waals surface area contributed by atoms with E-state index in [1.165, 1.54) is 4.31 Å². The molecular formula is C33H35N3O5S2. The lowest BCUT2D eigenvalue weighted by atomic mass is 10.0. The van der Waals surface area contributed by atoms with Crippen LogP contribution in [0, 0.1) is 34.6 Å². The highest BCUT2D eigenvalue weighted by molar-refractivity contribution is 7.89. The van der Waals surface area contributed by atoms with Crippen molar-refractivity contribution in [3.63, 3.8) is 0 Å². The van der Waals surface area contributed by atoms with Crippen LogP contribution in [0.5, 0.6) is 0 Å². The van der Waals surface area contributed by atoms with E-state index in [2.05, 4.69) is 6.07 Å². The predicted molar refractivity (Wildman–Crippen MR) is 169 cm³/mol. The average Bonchev–Trinajstić information content (AvgIpc) is 3.70. The standard InChI is InChI=1S/C33H35N3O5S2/c1-19-8-13-27-29(15-19)42-32(34-27)24-9-11-25(12-10-24)36-30(37)17-28(33(36)38)35(18-26-7-6-14-41-26)43(39,40)31-22(4)20(2)16-21(3)23(31)5/h8-13,15-16,26,28H,6-7,14,17-18H2,1-5H3. The quantitative estimate of drug-likeness (QED) is 0.236. The molecule has 6 rings (SSSR count). The minimum absolute atomic E-state index is 0.0156. The molecule has 2 saturated heterocycles. The van der Waals surface area contributed by atoms with Crippen LogP contribution in [0.15, 0.2) is 53.4 Å². The van der Waals surface area contributed by atoms with Crippen LogP contribution in [-0.2, 0) is 24.3 Å². The molecule has 2 amide bonds. The highest BCUT2D eigenvalue weighted by atomic mass is 32.2. The van der Waals surface area contributed by atoms with Crippen molar-refractivity contribution in [2.75, 3.05) is 18.1 Å². The van der Waals surface area contributed by atoms with Crippen LogP contribution in [0.4, 0.5) is 5.69 Å². The number of sulfonamides is 1. The van der Waals surface area contributed by atoms with Gasteiger partial charge in [0.15, 0.2) is 0 Å². The summed E-state index contributed by atoms with van der Waals surface area (Å²) in [4.78, 5) is 33.4. The maximum atomic E-state index is 14.4. The number of rotatable bonds is 7. The number of imide groups is 1. The Kier molecular flexibility index (Phi) is 7.75. The first kappa shape index (κ1) is 29.6. The first-order chi connectivity index (χ1) is 20.5. The summed E-state index contributed by atoms with van der Waals surface area (Å²) in [5.41, 5.74) is 6.38. The van der Waals surface area contributed by atoms with E-state index >= 15 is 0 Å². The number of aromatic nitrogens is 1. The van der Waals surface area contributed by atoms with E-state index in [4.69, 9.17) is 9.72 Å². The van der Waals surface area contributed by atoms with Gasteiger partial charge in [-0.3, -0.25) is 9.59 Å². The average molecular weight is 618 g/mol. The molecule has 1 aromatic heterocycles. The molecule has 2 unspecified atom stereocenters. The Morgan fingerprint density at radius 1 is 0.977 bits per heavy atom. The maximum Gasteiger partial charge on any atom is 0.252 e. The number of ether oxygens (including phenoxy) is 1. The molecule has 43 heavy (non-hydrogen) atoms. The Morgan fingerprint density at radius 2 is 1.67 bits per heavy atom. The number of benzene rings is 3. The first-order valence-corrected chi connectivity index (χ1v) is 16.8. The number of fused-ring (bicyclic) bond motifs is 1. The minimum Gasteiger partial charge on any atom is -0.377 e. The summed E-state index contributed by atoms with van der Waals surface area (Å²) in [5, 5.41) is 0.845. The summed E-state index contributed by atoms with van der Waals surface area (Å²) in [7, 11) is -4.15. The van der Waals surface area contributed by atoms with Crippen LogP contribution < -0.4 is 4.90 Å². The predicted octanol–water partition coefficient (Wildman–Crippen LogP) is 6.01. The summed E-state index contributed by atoms with van der Waals surface area (Å²) >= 11 is 1.58. The van der Waals surface area contributed by atoms with Gasteiger partial charge in [-0.2, -0.15) is 4.31 Å². The number of hydrogen-bond acceptors (Lipinski definition) is 7. The number of hydrogen-bond donors (Lipinski definition) is 0. The van der Waals surface area contributed by atoms with Gasteiger partial charge in [0.1, 0.15) is 11.0 Å². The summed E-state index contributed by atoms with van der Waals surface area (Å²) in [6.07, 6.45) is 0.953. The molecular weight excluding hydrogens is 583 g/mol. The fourth-order valence-electron chi connectivity index (χ4n) is 6.09. The van der Waals surface area contributed by atoms with Gasteiger partial charge in [-0.15, -0.1) is 11.3 Å². The van der Waals surface area contributed by atoms with Gasteiger partial charge in [-0.25, -0.2) is 18.3 Å². The topological polar surface area (TPSA) is 96.9 Å². The number of carbonyl (C=O) groups is 2. The van der Waals surface area contributed by atoms with Gasteiger partial charge in [0, 0.05) is 18.7 Å². The van der Waals surface area contributed by atoms with Crippen molar-refractivity contribution in [3.8, 4) is 10.6 Å². The monoisotopic (exact) mass is 617 g/mol. The van der Waals surface area contributed by atoms with E-state index in [1.54, 1.807) is 37.3 Å². The van der Waals surface area contributed by atoms with Crippen LogP contribution in [0.25, 0.3) is 20.8 Å². The molecule has 3 heterocycles. The van der Waals surface area contributed by atoms with E-state index in [1.807, 2.05) is 51.1 Å². The van der Waals surface area contributed by atoms with E-state index in [-0.39, 0.29) is 24.0 Å². The maximum absolute atomic E-state index is 14.4. The van der Waals surface area contributed by atoms with Crippen molar-refractivity contribution in [3.05, 3.63) is 76.3 Å². The number of amides is 2. The fraction of sp³-hybridized carbons (Fsp3) is 0.364. The van der Waals surface area contributed by atoms with Gasteiger partial charge in [0.05, 0.1) is 33.3 Å². The molecule has 3 aromatic carbocycles. The number of thiazole rings is 1. The third kappa shape index (κ3) is 5.31. The zero-order chi connectivity index (χ0) is 30.6. The lowest BCUT2D eigenvalue weighted by molar-refractivity contribution is -0.122. The van der Waals surface area contributed by atoms with Gasteiger partial charge in [-0.05, 0) is 112 Å². The van der Waals surface area contributed by atoms with Gasteiger partial charge in [0.2, 0.25) is 15.9 Å². The Bertz CT molecular complexity index is 1830. The summed E-state index contributed by atoms with van der Waals surface area (Å²) in [5.74, 6) is -0.978. The SMILES string of the molecule is Cc1ccc2nc(-c3ccc(N4C(=O)CC(N(CC5CCCO5)S(=O)(=O)c5c(C)c(C)cc(C)c5C)C4=O)cc3)sc2c1. The van der Waals surface area contributed by atoms with Crippen molar-refractivity contribution >= 4 is 49.1 Å². The largest absolute Gasteiger partial charge is 0.377 e. The van der Waals surface area contributed by atoms with Gasteiger partial charge in [0.25, 0.3) is 5.91 Å². The van der Waals surface area contributed by atoms with E-state index in [0.717, 1.165) is 48.8 Å². The van der Waals surface area contributed by atoms with Crippen LogP contribution in [0.3, 0.4) is 0 Å². The molecule has 2 fully saturated rings. The van der Waals surface area contributed by atoms with Crippen LogP contribution >= 0.6 is 11.3 Å².